The van der Waals surface area contributed by atoms with Crippen LogP contribution in [0.3, 0.4) is 0 Å². The fourth-order valence-corrected chi connectivity index (χ4v) is 21.7. The number of nitrogens with one attached hydrogen (secondary N) is 2. The fourth-order valence-electron chi connectivity index (χ4n) is 21.7. The molecule has 12 aromatic carbocycles. The Morgan fingerprint density at radius 2 is 0.678 bits per heavy atom. The summed E-state index contributed by atoms with van der Waals surface area (Å²) in [5.41, 5.74) is 24.4. The second-order valence-electron chi connectivity index (χ2n) is 38.0. The second kappa shape index (κ2) is 39.2. The number of methoxy groups -OCH3 is 2. The van der Waals surface area contributed by atoms with Gasteiger partial charge in [0, 0.05) is 134 Å². The number of hydrogen-bond acceptors (Lipinski definition) is 18. The topological polar surface area (TPSA) is 285 Å². The highest BCUT2D eigenvalue weighted by Gasteiger charge is 2.44. The molecule has 0 saturated carbocycles. The minimum atomic E-state index is -0.220. The molecule has 6 atom stereocenters. The Labute approximate surface area is 827 Å². The van der Waals surface area contributed by atoms with Crippen LogP contribution in [0.2, 0.25) is 0 Å². The van der Waals surface area contributed by atoms with Crippen molar-refractivity contribution in [3.63, 3.8) is 0 Å². The zero-order valence-electron chi connectivity index (χ0n) is 79.6. The standard InChI is InChI=1S/C44H40N2O5.C42H34N4O5.C31H30N6O4/c1-27-18-36-30(14-16-34-20-32-10-3-5-12-38(32)45(34)43(36)47)22-40(27)50-25-28-8-7-9-29(19-28)26-51-42-23-31-15-17-35-21-33-11-4-6-13-39(33)46(35)44(48)37(31)24-41(42)49-2;1-25-14-32-34(43-21-30-16-28-10-3-5-12-36(28)45(30)41(32)47)19-38(25)50-23-26-8-7-9-27(15-26)24-51-40-20-35-33(18-39(40)49-2)42(48)46-31(22-44-35)17-29-11-4-6-13-37(29)46;38-28(14-20-12-22-16-34-26-8-3-1-6-24(26)30(40)36(22)18-20)32-10-5-11-33-29(39)15-21-13-23-17-35-27-9-4-2-7-25(27)31(41)37(23)19-21/h3-13,18-19,22-24,34-35H,14-17,20-21,25-26H2,1-2H3;3-15,18-22,30-31H,16-17,23-24H2,1-2H3;1-4,6-9,14-17,22-23H,5,10-13,18-19H2,(H,32,38)(H,33,39)/b;;20-14+,21-15+/t34-,35-;30-,31-;22-,23+/m10./s1. The van der Waals surface area contributed by atoms with Crippen molar-refractivity contribution in [1.82, 2.24) is 20.4 Å². The van der Waals surface area contributed by atoms with Crippen LogP contribution in [-0.4, -0.2) is 159 Å². The largest absolute Gasteiger partial charge is 0.493 e. The minimum Gasteiger partial charge on any atom is -0.493 e. The third-order valence-corrected chi connectivity index (χ3v) is 28.8. The molecule has 0 aliphatic carbocycles. The van der Waals surface area contributed by atoms with Crippen LogP contribution in [0, 0.1) is 13.8 Å². The number of aryl methyl sites for hydroxylation is 4. The smallest absolute Gasteiger partial charge is 0.261 e. The van der Waals surface area contributed by atoms with Crippen LogP contribution in [0.4, 0.5) is 45.5 Å². The Bertz CT molecular complexity index is 7310. The number of aliphatic imine (C=N–C) groups is 4. The van der Waals surface area contributed by atoms with Gasteiger partial charge in [0.25, 0.3) is 35.4 Å². The molecule has 0 unspecified atom stereocenters. The third kappa shape index (κ3) is 18.2. The van der Waals surface area contributed by atoms with Crippen molar-refractivity contribution in [3.05, 3.63) is 366 Å². The number of fused-ring (bicyclic) bond motifs is 20. The van der Waals surface area contributed by atoms with Gasteiger partial charge in [-0.1, -0.05) is 133 Å². The van der Waals surface area contributed by atoms with E-state index >= 15 is 0 Å². The van der Waals surface area contributed by atoms with Gasteiger partial charge in [-0.2, -0.15) is 0 Å². The molecule has 2 N–H and O–H groups in total. The molecule has 12 aromatic rings. The molecule has 12 aliphatic rings. The summed E-state index contributed by atoms with van der Waals surface area (Å²) in [5.74, 6) is 3.00. The van der Waals surface area contributed by atoms with Gasteiger partial charge in [-0.15, -0.1) is 0 Å². The second-order valence-corrected chi connectivity index (χ2v) is 38.0. The van der Waals surface area contributed by atoms with Crippen molar-refractivity contribution < 1.29 is 66.8 Å². The van der Waals surface area contributed by atoms with Gasteiger partial charge in [-0.25, -0.2) is 0 Å². The quantitative estimate of drug-likeness (QED) is 0.0530. The summed E-state index contributed by atoms with van der Waals surface area (Å²) in [4.78, 5) is 135. The van der Waals surface area contributed by atoms with E-state index < -0.39 is 0 Å². The first-order valence-electron chi connectivity index (χ1n) is 48.8. The number of anilines is 4. The number of hydrogen-bond donors (Lipinski definition) is 2. The molecule has 0 aromatic heterocycles. The lowest BCUT2D eigenvalue weighted by Crippen LogP contribution is -2.37. The molecule has 2 saturated heterocycles. The van der Waals surface area contributed by atoms with E-state index in [4.69, 9.17) is 38.4 Å². The van der Waals surface area contributed by atoms with Crippen LogP contribution in [-0.2, 0) is 74.5 Å². The van der Waals surface area contributed by atoms with E-state index in [1.807, 2.05) is 210 Å². The van der Waals surface area contributed by atoms with Gasteiger partial charge in [-0.3, -0.25) is 68.1 Å². The van der Waals surface area contributed by atoms with Gasteiger partial charge in [0.15, 0.2) is 23.0 Å². The van der Waals surface area contributed by atoms with Gasteiger partial charge in [0.2, 0.25) is 11.8 Å². The molecule has 24 rings (SSSR count). The maximum atomic E-state index is 13.8. The summed E-state index contributed by atoms with van der Waals surface area (Å²) in [6.45, 7) is 6.90. The molecule has 12 aliphatic heterocycles. The molecule has 0 radical (unpaired) electrons. The normalized spacial score (nSPS) is 19.4. The monoisotopic (exact) mass is 1900 g/mol. The van der Waals surface area contributed by atoms with Crippen LogP contribution in [0.25, 0.3) is 0 Å². The molecule has 26 heteroatoms. The van der Waals surface area contributed by atoms with Crippen LogP contribution in [0.15, 0.2) is 286 Å². The summed E-state index contributed by atoms with van der Waals surface area (Å²) >= 11 is 0. The van der Waals surface area contributed by atoms with Gasteiger partial charge in [0.05, 0.1) is 83.4 Å². The molecule has 26 nitrogen and oxygen atoms in total. The van der Waals surface area contributed by atoms with Crippen molar-refractivity contribution in [3.8, 4) is 34.5 Å². The minimum absolute atomic E-state index is 0.0254. The van der Waals surface area contributed by atoms with Crippen molar-refractivity contribution in [2.75, 3.05) is 60.0 Å². The third-order valence-electron chi connectivity index (χ3n) is 28.8. The molecular formula is C117H104N12O14. The van der Waals surface area contributed by atoms with Gasteiger partial charge in [-0.05, 0) is 247 Å². The maximum absolute atomic E-state index is 13.8. The lowest BCUT2D eigenvalue weighted by Gasteiger charge is -2.23. The Morgan fingerprint density at radius 1 is 0.329 bits per heavy atom. The lowest BCUT2D eigenvalue weighted by molar-refractivity contribution is -0.116. The number of benzene rings is 12. The number of rotatable bonds is 20. The summed E-state index contributed by atoms with van der Waals surface area (Å²) in [7, 11) is 3.18. The number of amides is 8. The molecule has 143 heavy (non-hydrogen) atoms. The van der Waals surface area contributed by atoms with E-state index in [1.165, 1.54) is 11.1 Å². The van der Waals surface area contributed by atoms with E-state index in [9.17, 15) is 38.4 Å². The number of carbonyl (C=O) groups excluding carboxylic acids is 8. The van der Waals surface area contributed by atoms with E-state index in [1.54, 1.807) is 72.9 Å². The van der Waals surface area contributed by atoms with Gasteiger partial charge in [0.1, 0.15) is 37.9 Å². The van der Waals surface area contributed by atoms with Crippen LogP contribution in [0.5, 0.6) is 34.5 Å². The predicted octanol–water partition coefficient (Wildman–Crippen LogP) is 18.7. The van der Waals surface area contributed by atoms with Crippen molar-refractivity contribution in [2.24, 2.45) is 20.0 Å². The highest BCUT2D eigenvalue weighted by Crippen LogP contribution is 2.47. The van der Waals surface area contributed by atoms with Crippen molar-refractivity contribution in [2.45, 2.75) is 147 Å². The van der Waals surface area contributed by atoms with E-state index in [0.29, 0.717) is 145 Å². The zero-order valence-corrected chi connectivity index (χ0v) is 79.6. The first-order valence-corrected chi connectivity index (χ1v) is 48.8. The molecule has 716 valence electrons. The first kappa shape index (κ1) is 91.4. The fraction of sp³-hybridized carbons (Fsp3) is 0.248. The molecule has 8 amide bonds. The zero-order chi connectivity index (χ0) is 97.6. The summed E-state index contributed by atoms with van der Waals surface area (Å²) < 4.78 is 36.7. The Morgan fingerprint density at radius 3 is 1.14 bits per heavy atom. The molecule has 0 spiro atoms. The van der Waals surface area contributed by atoms with Crippen LogP contribution < -0.4 is 58.7 Å². The number of nitrogens with zero attached hydrogens (tertiary/aromatic N) is 10. The molecular weight excluding hydrogens is 1800 g/mol. The van der Waals surface area contributed by atoms with Crippen molar-refractivity contribution >= 4 is 118 Å². The Balaban J connectivity index is 0.000000124. The first-order chi connectivity index (χ1) is 69.8. The van der Waals surface area contributed by atoms with Gasteiger partial charge < -0.3 is 58.7 Å². The van der Waals surface area contributed by atoms with E-state index in [-0.39, 0.29) is 90.1 Å². The summed E-state index contributed by atoms with van der Waals surface area (Å²) in [5, 5.41) is 5.70. The van der Waals surface area contributed by atoms with Gasteiger partial charge >= 0.3 is 0 Å². The molecule has 12 heterocycles. The molecule has 0 bridgehead atoms. The highest BCUT2D eigenvalue weighted by molar-refractivity contribution is 6.17. The summed E-state index contributed by atoms with van der Waals surface area (Å²) in [6.07, 6.45) is 18.9. The average Bonchev–Trinajstić information content (AvgIpc) is 1.62. The number of para-hydroxylation sites is 6. The predicted molar refractivity (Wildman–Crippen MR) is 549 cm³/mol. The summed E-state index contributed by atoms with van der Waals surface area (Å²) in [6, 6.07) is 78.2. The van der Waals surface area contributed by atoms with Crippen LogP contribution in [0.1, 0.15) is 161 Å². The van der Waals surface area contributed by atoms with Crippen LogP contribution >= 0.6 is 0 Å². The molecule has 2 fully saturated rings. The lowest BCUT2D eigenvalue weighted by atomic mass is 9.98. The van der Waals surface area contributed by atoms with Crippen molar-refractivity contribution in [1.29, 1.82) is 0 Å². The maximum Gasteiger partial charge on any atom is 0.261 e. The number of carbonyl (C=O) groups is 8. The Kier molecular flexibility index (Phi) is 25.1. The number of ether oxygens (including phenoxy) is 6. The average molecular weight is 1900 g/mol. The van der Waals surface area contributed by atoms with E-state index in [0.717, 1.165) is 152 Å². The highest BCUT2D eigenvalue weighted by atomic mass is 16.5. The SMILES string of the molecule is COc1cc2c(cc1OCc1cccc(COc3cc4c(cc3C)C(=O)N3c5ccccc5C[C@H]3C=N4)c1)N=C[C@@H]1Cc3ccccc3N1C2=O.COc1cc2c(cc1OCc1cccc(COc3cc4c(cc3C)C(=O)N3c5ccccc5C[C@H]3CC4)c1)CC[C@@H]1Cc3ccccc3N1C2=O.O=C(/C=C1\C[C@H]2C=Nc3ccccc3C(=O)N2C1)NCCCNC(=O)/C=C1\C[C@@H]2C=Nc3ccccc3C(=O)N2C1. The van der Waals surface area contributed by atoms with E-state index in [2.05, 4.69) is 75.2 Å². The Hall–Kier alpha value is -16.6.